The molecule has 0 unspecified atom stereocenters. The number of rotatable bonds is 4. The molecule has 3 aliphatic heterocycles. The molecule has 148 valence electrons. The summed E-state index contributed by atoms with van der Waals surface area (Å²) in [5, 5.41) is 11.5. The van der Waals surface area contributed by atoms with Crippen LogP contribution in [0.5, 0.6) is 0 Å². The molecule has 3 fully saturated rings. The van der Waals surface area contributed by atoms with Crippen LogP contribution in [0.15, 0.2) is 28.8 Å². The first-order valence-corrected chi connectivity index (χ1v) is 10.3. The van der Waals surface area contributed by atoms with Crippen molar-refractivity contribution < 1.29 is 14.1 Å². The van der Waals surface area contributed by atoms with Crippen molar-refractivity contribution in [2.45, 2.75) is 44.2 Å². The zero-order chi connectivity index (χ0) is 19.1. The third-order valence-corrected chi connectivity index (χ3v) is 6.69. The van der Waals surface area contributed by atoms with E-state index in [1.165, 1.54) is 0 Å². The van der Waals surface area contributed by atoms with Crippen molar-refractivity contribution in [2.24, 2.45) is 11.8 Å². The van der Waals surface area contributed by atoms with Gasteiger partial charge in [-0.3, -0.25) is 9.59 Å². The zero-order valence-corrected chi connectivity index (χ0v) is 15.9. The summed E-state index contributed by atoms with van der Waals surface area (Å²) in [4.78, 5) is 27.4. The van der Waals surface area contributed by atoms with Crippen molar-refractivity contribution in [3.05, 3.63) is 30.0 Å². The molecule has 5 rings (SSSR count). The Kier molecular flexibility index (Phi) is 4.55. The predicted octanol–water partition coefficient (Wildman–Crippen LogP) is 1.48. The average Bonchev–Trinajstić information content (AvgIpc) is 3.11. The van der Waals surface area contributed by atoms with Crippen LogP contribution in [0.3, 0.4) is 0 Å². The third-order valence-electron chi connectivity index (χ3n) is 6.69. The van der Waals surface area contributed by atoms with E-state index < -0.39 is 0 Å². The van der Waals surface area contributed by atoms with Gasteiger partial charge < -0.3 is 20.1 Å². The lowest BCUT2D eigenvalue weighted by Crippen LogP contribution is -2.66. The Morgan fingerprint density at radius 3 is 3.07 bits per heavy atom. The van der Waals surface area contributed by atoms with E-state index in [1.807, 2.05) is 24.3 Å². The molecule has 1 aromatic carbocycles. The molecule has 0 spiro atoms. The van der Waals surface area contributed by atoms with Gasteiger partial charge in [-0.2, -0.15) is 0 Å². The summed E-state index contributed by atoms with van der Waals surface area (Å²) in [5.74, 6) is 1.14. The molecule has 2 bridgehead atoms. The number of hydrogen-bond donors (Lipinski definition) is 2. The van der Waals surface area contributed by atoms with E-state index in [9.17, 15) is 9.59 Å². The summed E-state index contributed by atoms with van der Waals surface area (Å²) in [7, 11) is 0. The number of para-hydroxylation sites is 1. The molecule has 3 saturated heterocycles. The van der Waals surface area contributed by atoms with Crippen LogP contribution >= 0.6 is 0 Å². The molecule has 1 aromatic heterocycles. The molecule has 2 aromatic rings. The number of carbonyl (C=O) groups is 2. The SMILES string of the molecule is O=C(Cc1noc2ccccc12)NC[C@H]1[C@@H]2CNC[C@@H](C2)[C@@H]2CCCC(=O)N21. The second kappa shape index (κ2) is 7.20. The normalized spacial score (nSPS) is 29.6. The lowest BCUT2D eigenvalue weighted by atomic mass is 9.72. The quantitative estimate of drug-likeness (QED) is 0.836. The molecule has 0 radical (unpaired) electrons. The van der Waals surface area contributed by atoms with Crippen LogP contribution in [0.1, 0.15) is 31.4 Å². The number of carbonyl (C=O) groups excluding carboxylic acids is 2. The fourth-order valence-electron chi connectivity index (χ4n) is 5.40. The first kappa shape index (κ1) is 17.7. The van der Waals surface area contributed by atoms with Gasteiger partial charge in [0.2, 0.25) is 11.8 Å². The van der Waals surface area contributed by atoms with Gasteiger partial charge in [-0.25, -0.2) is 0 Å². The Hall–Kier alpha value is -2.41. The second-order valence-electron chi connectivity index (χ2n) is 8.35. The highest BCUT2D eigenvalue weighted by Gasteiger charge is 2.47. The standard InChI is InChI=1S/C21H26N4O3/c26-20(9-16-15-4-1-2-6-19(15)28-24-16)23-12-18-14-8-13(10-22-11-14)17-5-3-7-21(27)25(17)18/h1-2,4,6,13-14,17-18,22H,3,5,7-12H2,(H,23,26)/t13-,14+,17+,18+/m1/s1. The van der Waals surface area contributed by atoms with Gasteiger partial charge in [0.1, 0.15) is 5.69 Å². The molecular formula is C21H26N4O3. The van der Waals surface area contributed by atoms with Gasteiger partial charge in [0, 0.05) is 30.9 Å². The average molecular weight is 382 g/mol. The number of hydrogen-bond acceptors (Lipinski definition) is 5. The van der Waals surface area contributed by atoms with Crippen molar-refractivity contribution in [1.29, 1.82) is 0 Å². The molecule has 7 heteroatoms. The van der Waals surface area contributed by atoms with Crippen molar-refractivity contribution in [3.8, 4) is 0 Å². The van der Waals surface area contributed by atoms with Crippen molar-refractivity contribution in [2.75, 3.05) is 19.6 Å². The second-order valence-corrected chi connectivity index (χ2v) is 8.35. The molecule has 0 aliphatic carbocycles. The van der Waals surface area contributed by atoms with E-state index in [0.717, 1.165) is 37.7 Å². The Morgan fingerprint density at radius 1 is 1.29 bits per heavy atom. The van der Waals surface area contributed by atoms with E-state index in [-0.39, 0.29) is 24.3 Å². The summed E-state index contributed by atoms with van der Waals surface area (Å²) in [5.41, 5.74) is 1.35. The molecule has 4 atom stereocenters. The Bertz CT molecular complexity index is 895. The third kappa shape index (κ3) is 3.07. The Balaban J connectivity index is 1.28. The highest BCUT2D eigenvalue weighted by molar-refractivity contribution is 5.86. The minimum absolute atomic E-state index is 0.0778. The summed E-state index contributed by atoms with van der Waals surface area (Å²) in [6.45, 7) is 2.43. The van der Waals surface area contributed by atoms with Crippen molar-refractivity contribution in [1.82, 2.24) is 20.7 Å². The minimum atomic E-state index is -0.0778. The Labute approximate surface area is 163 Å². The Morgan fingerprint density at radius 2 is 2.14 bits per heavy atom. The number of fused-ring (bicyclic) bond motifs is 5. The maximum Gasteiger partial charge on any atom is 0.226 e. The fourth-order valence-corrected chi connectivity index (χ4v) is 5.40. The van der Waals surface area contributed by atoms with Crippen LogP contribution in [0.2, 0.25) is 0 Å². The minimum Gasteiger partial charge on any atom is -0.356 e. The highest BCUT2D eigenvalue weighted by Crippen LogP contribution is 2.39. The molecule has 2 amide bonds. The summed E-state index contributed by atoms with van der Waals surface area (Å²) >= 11 is 0. The van der Waals surface area contributed by atoms with Gasteiger partial charge in [-0.1, -0.05) is 17.3 Å². The summed E-state index contributed by atoms with van der Waals surface area (Å²) in [6, 6.07) is 7.97. The van der Waals surface area contributed by atoms with E-state index in [4.69, 9.17) is 4.52 Å². The smallest absolute Gasteiger partial charge is 0.226 e. The molecule has 7 nitrogen and oxygen atoms in total. The van der Waals surface area contributed by atoms with Crippen molar-refractivity contribution in [3.63, 3.8) is 0 Å². The molecular weight excluding hydrogens is 356 g/mol. The summed E-state index contributed by atoms with van der Waals surface area (Å²) < 4.78 is 5.29. The van der Waals surface area contributed by atoms with Crippen LogP contribution in [-0.4, -0.2) is 53.6 Å². The van der Waals surface area contributed by atoms with E-state index >= 15 is 0 Å². The van der Waals surface area contributed by atoms with Crippen LogP contribution in [-0.2, 0) is 16.0 Å². The maximum atomic E-state index is 12.7. The summed E-state index contributed by atoms with van der Waals surface area (Å²) in [6.07, 6.45) is 4.04. The van der Waals surface area contributed by atoms with Gasteiger partial charge in [0.25, 0.3) is 0 Å². The topological polar surface area (TPSA) is 87.5 Å². The first-order chi connectivity index (χ1) is 13.7. The van der Waals surface area contributed by atoms with Crippen LogP contribution in [0.4, 0.5) is 0 Å². The van der Waals surface area contributed by atoms with Crippen LogP contribution in [0, 0.1) is 11.8 Å². The molecule has 0 saturated carbocycles. The highest BCUT2D eigenvalue weighted by atomic mass is 16.5. The molecule has 2 N–H and O–H groups in total. The van der Waals surface area contributed by atoms with E-state index in [0.29, 0.717) is 42.1 Å². The van der Waals surface area contributed by atoms with Gasteiger partial charge in [0.15, 0.2) is 5.58 Å². The number of benzene rings is 1. The van der Waals surface area contributed by atoms with Crippen molar-refractivity contribution >= 4 is 22.8 Å². The number of nitrogens with zero attached hydrogens (tertiary/aromatic N) is 2. The number of aromatic nitrogens is 1. The van der Waals surface area contributed by atoms with Crippen LogP contribution < -0.4 is 10.6 Å². The molecule has 28 heavy (non-hydrogen) atoms. The fraction of sp³-hybridized carbons (Fsp3) is 0.571. The van der Waals surface area contributed by atoms with Gasteiger partial charge in [-0.15, -0.1) is 0 Å². The number of piperidine rings is 3. The largest absolute Gasteiger partial charge is 0.356 e. The monoisotopic (exact) mass is 382 g/mol. The molecule has 3 aliphatic rings. The maximum absolute atomic E-state index is 12.7. The van der Waals surface area contributed by atoms with Gasteiger partial charge in [-0.05, 0) is 49.8 Å². The lowest BCUT2D eigenvalue weighted by molar-refractivity contribution is -0.149. The van der Waals surface area contributed by atoms with Gasteiger partial charge in [0.05, 0.1) is 12.5 Å². The number of amides is 2. The lowest BCUT2D eigenvalue weighted by Gasteiger charge is -2.54. The van der Waals surface area contributed by atoms with Crippen LogP contribution in [0.25, 0.3) is 11.0 Å². The number of nitrogens with one attached hydrogen (secondary N) is 2. The molecule has 4 heterocycles. The van der Waals surface area contributed by atoms with E-state index in [2.05, 4.69) is 20.7 Å². The predicted molar refractivity (Wildman–Crippen MR) is 103 cm³/mol. The van der Waals surface area contributed by atoms with Gasteiger partial charge >= 0.3 is 0 Å². The van der Waals surface area contributed by atoms with E-state index in [1.54, 1.807) is 0 Å². The first-order valence-electron chi connectivity index (χ1n) is 10.3. The zero-order valence-electron chi connectivity index (χ0n) is 15.9.